The third kappa shape index (κ3) is 3.64. The van der Waals surface area contributed by atoms with Gasteiger partial charge in [0, 0.05) is 19.1 Å². The molecule has 2 atom stereocenters. The Morgan fingerprint density at radius 2 is 1.77 bits per heavy atom. The highest BCUT2D eigenvalue weighted by atomic mass is 16.5. The van der Waals surface area contributed by atoms with Crippen LogP contribution in [0.4, 0.5) is 0 Å². The first-order chi connectivity index (χ1) is 10.6. The minimum atomic E-state index is -0.120. The summed E-state index contributed by atoms with van der Waals surface area (Å²) in [5, 5.41) is 10.2. The Hall–Kier alpha value is -1.06. The first-order valence-electron chi connectivity index (χ1n) is 8.79. The van der Waals surface area contributed by atoms with Crippen molar-refractivity contribution >= 4 is 0 Å². The molecule has 22 heavy (non-hydrogen) atoms. The maximum atomic E-state index is 10.2. The lowest BCUT2D eigenvalue weighted by Gasteiger charge is -2.41. The molecular formula is C19H29NO2. The number of aliphatic hydroxyl groups excluding tert-OH is 1. The van der Waals surface area contributed by atoms with Crippen molar-refractivity contribution in [2.75, 3.05) is 13.1 Å². The van der Waals surface area contributed by atoms with Gasteiger partial charge in [0.1, 0.15) is 11.9 Å². The van der Waals surface area contributed by atoms with Gasteiger partial charge in [0.25, 0.3) is 0 Å². The number of benzene rings is 1. The second-order valence-electron chi connectivity index (χ2n) is 7.04. The molecule has 0 unspecified atom stereocenters. The van der Waals surface area contributed by atoms with Gasteiger partial charge in [-0.1, -0.05) is 25.0 Å². The van der Waals surface area contributed by atoms with Gasteiger partial charge in [-0.3, -0.25) is 4.90 Å². The number of likely N-dealkylation sites (tertiary alicyclic amines) is 1. The molecule has 1 heterocycles. The normalized spacial score (nSPS) is 27.8. The molecule has 1 aromatic carbocycles. The quantitative estimate of drug-likeness (QED) is 0.928. The topological polar surface area (TPSA) is 32.7 Å². The molecule has 1 saturated carbocycles. The second-order valence-corrected chi connectivity index (χ2v) is 7.04. The molecule has 1 aliphatic carbocycles. The van der Waals surface area contributed by atoms with Crippen LogP contribution in [0.25, 0.3) is 0 Å². The Balaban J connectivity index is 1.54. The van der Waals surface area contributed by atoms with E-state index in [1.54, 1.807) is 0 Å². The van der Waals surface area contributed by atoms with Crippen molar-refractivity contribution in [1.82, 2.24) is 4.90 Å². The van der Waals surface area contributed by atoms with Gasteiger partial charge < -0.3 is 9.84 Å². The third-order valence-electron chi connectivity index (χ3n) is 5.28. The van der Waals surface area contributed by atoms with Gasteiger partial charge in [-0.2, -0.15) is 0 Å². The van der Waals surface area contributed by atoms with Gasteiger partial charge in [-0.05, 0) is 56.7 Å². The number of nitrogens with zero attached hydrogens (tertiary/aromatic N) is 1. The van der Waals surface area contributed by atoms with Crippen molar-refractivity contribution in [3.63, 3.8) is 0 Å². The molecule has 122 valence electrons. The first kappa shape index (κ1) is 15.8. The molecule has 1 aromatic rings. The van der Waals surface area contributed by atoms with Crippen molar-refractivity contribution in [1.29, 1.82) is 0 Å². The summed E-state index contributed by atoms with van der Waals surface area (Å²) in [6, 6.07) is 6.80. The summed E-state index contributed by atoms with van der Waals surface area (Å²) in [6.07, 6.45) is 6.91. The molecule has 0 amide bonds. The van der Waals surface area contributed by atoms with E-state index in [1.807, 2.05) is 0 Å². The molecule has 0 aromatic heterocycles. The Kier molecular flexibility index (Phi) is 5.04. The Morgan fingerprint density at radius 1 is 1.05 bits per heavy atom. The summed E-state index contributed by atoms with van der Waals surface area (Å²) in [5.41, 5.74) is 2.47. The van der Waals surface area contributed by atoms with E-state index in [2.05, 4.69) is 36.9 Å². The van der Waals surface area contributed by atoms with Gasteiger partial charge in [-0.15, -0.1) is 0 Å². The van der Waals surface area contributed by atoms with Crippen LogP contribution in [-0.2, 0) is 0 Å². The molecule has 2 aliphatic rings. The number of rotatable bonds is 3. The van der Waals surface area contributed by atoms with Crippen LogP contribution < -0.4 is 4.74 Å². The molecule has 3 nitrogen and oxygen atoms in total. The fourth-order valence-corrected chi connectivity index (χ4v) is 3.86. The standard InChI is InChI=1S/C19H29NO2/c1-14-7-8-15(2)19(13-14)22-16-9-11-20(12-10-16)17-5-3-4-6-18(17)21/h7-8,13,16-18,21H,3-6,9-12H2,1-2H3/t17-,18-/m1/s1. The zero-order chi connectivity index (χ0) is 15.5. The molecule has 1 N–H and O–H groups in total. The zero-order valence-corrected chi connectivity index (χ0v) is 13.9. The van der Waals surface area contributed by atoms with Crippen LogP contribution in [-0.4, -0.2) is 41.3 Å². The van der Waals surface area contributed by atoms with Crippen LogP contribution in [0.15, 0.2) is 18.2 Å². The number of ether oxygens (including phenoxy) is 1. The Morgan fingerprint density at radius 3 is 2.50 bits per heavy atom. The predicted molar refractivity (Wildman–Crippen MR) is 89.4 cm³/mol. The fourth-order valence-electron chi connectivity index (χ4n) is 3.86. The monoisotopic (exact) mass is 303 g/mol. The number of hydrogen-bond acceptors (Lipinski definition) is 3. The maximum Gasteiger partial charge on any atom is 0.122 e. The third-order valence-corrected chi connectivity index (χ3v) is 5.28. The van der Waals surface area contributed by atoms with Crippen LogP contribution in [0.5, 0.6) is 5.75 Å². The molecule has 0 bridgehead atoms. The van der Waals surface area contributed by atoms with Crippen molar-refractivity contribution in [3.05, 3.63) is 29.3 Å². The van der Waals surface area contributed by atoms with E-state index in [0.29, 0.717) is 12.1 Å². The van der Waals surface area contributed by atoms with E-state index >= 15 is 0 Å². The number of aliphatic hydroxyl groups is 1. The molecule has 3 rings (SSSR count). The number of hydrogen-bond donors (Lipinski definition) is 1. The van der Waals surface area contributed by atoms with Gasteiger partial charge in [0.05, 0.1) is 6.10 Å². The van der Waals surface area contributed by atoms with Gasteiger partial charge >= 0.3 is 0 Å². The van der Waals surface area contributed by atoms with Gasteiger partial charge in [0.2, 0.25) is 0 Å². The Labute approximate surface area is 134 Å². The summed E-state index contributed by atoms with van der Waals surface area (Å²) in [4.78, 5) is 2.49. The SMILES string of the molecule is Cc1ccc(C)c(OC2CCN([C@@H]3CCCC[C@H]3O)CC2)c1. The lowest BCUT2D eigenvalue weighted by molar-refractivity contribution is -0.00701. The molecular weight excluding hydrogens is 274 g/mol. The highest BCUT2D eigenvalue weighted by molar-refractivity contribution is 5.36. The van der Waals surface area contributed by atoms with E-state index < -0.39 is 0 Å². The van der Waals surface area contributed by atoms with E-state index in [4.69, 9.17) is 4.74 Å². The number of aryl methyl sites for hydroxylation is 2. The summed E-state index contributed by atoms with van der Waals surface area (Å²) < 4.78 is 6.24. The van der Waals surface area contributed by atoms with Crippen LogP contribution >= 0.6 is 0 Å². The average molecular weight is 303 g/mol. The molecule has 1 saturated heterocycles. The van der Waals surface area contributed by atoms with Gasteiger partial charge in [-0.25, -0.2) is 0 Å². The van der Waals surface area contributed by atoms with E-state index in [9.17, 15) is 5.11 Å². The van der Waals surface area contributed by atoms with E-state index in [-0.39, 0.29) is 6.10 Å². The molecule has 3 heteroatoms. The highest BCUT2D eigenvalue weighted by Crippen LogP contribution is 2.28. The van der Waals surface area contributed by atoms with Crippen molar-refractivity contribution in [3.8, 4) is 5.75 Å². The van der Waals surface area contributed by atoms with Crippen LogP contribution in [0.3, 0.4) is 0 Å². The fraction of sp³-hybridized carbons (Fsp3) is 0.684. The molecule has 1 aliphatic heterocycles. The summed E-state index contributed by atoms with van der Waals surface area (Å²) in [5.74, 6) is 1.04. The lowest BCUT2D eigenvalue weighted by Crippen LogP contribution is -2.50. The van der Waals surface area contributed by atoms with Crippen molar-refractivity contribution in [2.45, 2.75) is 70.6 Å². The lowest BCUT2D eigenvalue weighted by atomic mass is 9.90. The van der Waals surface area contributed by atoms with Crippen LogP contribution in [0.1, 0.15) is 49.7 Å². The van der Waals surface area contributed by atoms with E-state index in [1.165, 1.54) is 24.0 Å². The zero-order valence-electron chi connectivity index (χ0n) is 13.9. The molecule has 2 fully saturated rings. The average Bonchev–Trinajstić information content (AvgIpc) is 2.52. The largest absolute Gasteiger partial charge is 0.490 e. The first-order valence-corrected chi connectivity index (χ1v) is 8.79. The molecule has 0 spiro atoms. The highest BCUT2D eigenvalue weighted by Gasteiger charge is 2.31. The van der Waals surface area contributed by atoms with Crippen molar-refractivity contribution < 1.29 is 9.84 Å². The van der Waals surface area contributed by atoms with Crippen LogP contribution in [0.2, 0.25) is 0 Å². The summed E-state index contributed by atoms with van der Waals surface area (Å²) in [6.45, 7) is 6.33. The predicted octanol–water partition coefficient (Wildman–Crippen LogP) is 3.45. The van der Waals surface area contributed by atoms with Crippen molar-refractivity contribution in [2.24, 2.45) is 0 Å². The molecule has 0 radical (unpaired) electrons. The minimum Gasteiger partial charge on any atom is -0.490 e. The minimum absolute atomic E-state index is 0.120. The Bertz CT molecular complexity index is 494. The van der Waals surface area contributed by atoms with E-state index in [0.717, 1.165) is 44.5 Å². The van der Waals surface area contributed by atoms with Crippen LogP contribution in [0, 0.1) is 13.8 Å². The number of piperidine rings is 1. The smallest absolute Gasteiger partial charge is 0.122 e. The maximum absolute atomic E-state index is 10.2. The summed E-state index contributed by atoms with van der Waals surface area (Å²) >= 11 is 0. The second kappa shape index (κ2) is 7.01. The summed E-state index contributed by atoms with van der Waals surface area (Å²) in [7, 11) is 0. The van der Waals surface area contributed by atoms with Gasteiger partial charge in [0.15, 0.2) is 0 Å².